The van der Waals surface area contributed by atoms with Gasteiger partial charge in [-0.1, -0.05) is 85.2 Å². The van der Waals surface area contributed by atoms with Gasteiger partial charge in [-0.3, -0.25) is 28.9 Å². The zero-order valence-electron chi connectivity index (χ0n) is 38.8. The van der Waals surface area contributed by atoms with Crippen molar-refractivity contribution in [3.63, 3.8) is 0 Å². The number of hydrogen-bond donors (Lipinski definition) is 4. The van der Waals surface area contributed by atoms with E-state index in [0.29, 0.717) is 30.6 Å². The van der Waals surface area contributed by atoms with Gasteiger partial charge in [0, 0.05) is 45.6 Å². The molecule has 5 N–H and O–H groups in total. The Bertz CT molecular complexity index is 1700. The van der Waals surface area contributed by atoms with Gasteiger partial charge in [0.1, 0.15) is 6.04 Å². The summed E-state index contributed by atoms with van der Waals surface area (Å²) in [6, 6.07) is 14.0. The molecular weight excluding hydrogens is 775 g/mol. The summed E-state index contributed by atoms with van der Waals surface area (Å²) in [7, 11) is 8.57. The second-order valence-electron chi connectivity index (χ2n) is 17.7. The molecule has 14 nitrogen and oxygen atoms in total. The molecule has 14 heteroatoms. The average molecular weight is 850 g/mol. The molecule has 1 unspecified atom stereocenters. The van der Waals surface area contributed by atoms with Crippen molar-refractivity contribution in [3.8, 4) is 0 Å². The van der Waals surface area contributed by atoms with E-state index in [9.17, 15) is 24.0 Å². The molecule has 61 heavy (non-hydrogen) atoms. The highest BCUT2D eigenvalue weighted by atomic mass is 16.5. The number of carbonyl (C=O) groups excluding carboxylic acids is 5. The number of hydrogen-bond acceptors (Lipinski definition) is 9. The predicted molar refractivity (Wildman–Crippen MR) is 240 cm³/mol. The monoisotopic (exact) mass is 850 g/mol. The zero-order chi connectivity index (χ0) is 45.6. The Hall–Kier alpha value is -4.53. The Labute approximate surface area is 365 Å². The van der Waals surface area contributed by atoms with Crippen LogP contribution in [0.3, 0.4) is 0 Å². The number of nitrogens with one attached hydrogen (secondary N) is 3. The number of nitrogens with two attached hydrogens (primary N) is 1. The molecule has 1 saturated heterocycles. The minimum Gasteiger partial charge on any atom is -0.399 e. The van der Waals surface area contributed by atoms with E-state index in [4.69, 9.17) is 15.2 Å². The van der Waals surface area contributed by atoms with Crippen molar-refractivity contribution in [2.24, 2.45) is 23.7 Å². The van der Waals surface area contributed by atoms with Crippen molar-refractivity contribution in [1.29, 1.82) is 0 Å². The highest BCUT2D eigenvalue weighted by molar-refractivity contribution is 5.94. The van der Waals surface area contributed by atoms with Crippen LogP contribution in [0.4, 0.5) is 5.69 Å². The maximum absolute atomic E-state index is 14.4. The molecule has 3 rings (SSSR count). The van der Waals surface area contributed by atoms with E-state index >= 15 is 0 Å². The Kier molecular flexibility index (Phi) is 20.2. The first kappa shape index (κ1) is 50.8. The zero-order valence-corrected chi connectivity index (χ0v) is 38.8. The molecule has 0 aromatic heterocycles. The number of likely N-dealkylation sites (N-methyl/N-ethyl adjacent to an activating group) is 2. The number of nitrogen functional groups attached to an aromatic ring is 1. The summed E-state index contributed by atoms with van der Waals surface area (Å²) in [6.45, 7) is 14.4. The number of rotatable bonds is 23. The number of carbonyl (C=O) groups is 5. The van der Waals surface area contributed by atoms with Crippen LogP contribution in [0, 0.1) is 23.7 Å². The first-order chi connectivity index (χ1) is 28.9. The van der Waals surface area contributed by atoms with Crippen LogP contribution in [-0.2, 0) is 35.1 Å². The number of benzene rings is 2. The number of likely N-dealkylation sites (tertiary alicyclic amines) is 1. The Morgan fingerprint density at radius 3 is 2.03 bits per heavy atom. The summed E-state index contributed by atoms with van der Waals surface area (Å²) in [5.41, 5.74) is 7.83. The lowest BCUT2D eigenvalue weighted by molar-refractivity contribution is -0.148. The van der Waals surface area contributed by atoms with Gasteiger partial charge in [0.25, 0.3) is 5.91 Å². The summed E-state index contributed by atoms with van der Waals surface area (Å²) in [5.74, 6) is -1.95. The van der Waals surface area contributed by atoms with Crippen LogP contribution in [0.5, 0.6) is 0 Å². The maximum Gasteiger partial charge on any atom is 0.251 e. The lowest BCUT2D eigenvalue weighted by Gasteiger charge is -2.41. The van der Waals surface area contributed by atoms with Crippen LogP contribution < -0.4 is 21.7 Å². The molecule has 0 aliphatic carbocycles. The van der Waals surface area contributed by atoms with Gasteiger partial charge in [0.15, 0.2) is 0 Å². The first-order valence-electron chi connectivity index (χ1n) is 21.9. The second-order valence-corrected chi connectivity index (χ2v) is 17.7. The lowest BCUT2D eigenvalue weighted by Crippen LogP contribution is -2.59. The molecule has 1 heterocycles. The molecule has 1 aliphatic heterocycles. The van der Waals surface area contributed by atoms with E-state index in [2.05, 4.69) is 16.0 Å². The number of amides is 5. The third-order valence-electron chi connectivity index (χ3n) is 12.3. The highest BCUT2D eigenvalue weighted by Gasteiger charge is 2.43. The van der Waals surface area contributed by atoms with Crippen LogP contribution in [0.1, 0.15) is 90.1 Å². The lowest BCUT2D eigenvalue weighted by atomic mass is 9.89. The van der Waals surface area contributed by atoms with Gasteiger partial charge < -0.3 is 41.0 Å². The molecule has 1 fully saturated rings. The van der Waals surface area contributed by atoms with E-state index < -0.39 is 42.3 Å². The van der Waals surface area contributed by atoms with Gasteiger partial charge in [-0.2, -0.15) is 0 Å². The fraction of sp³-hybridized carbons (Fsp3) is 0.638. The predicted octanol–water partition coefficient (Wildman–Crippen LogP) is 4.37. The van der Waals surface area contributed by atoms with Crippen molar-refractivity contribution >= 4 is 35.2 Å². The third-order valence-corrected chi connectivity index (χ3v) is 12.3. The number of ether oxygens (including phenoxy) is 2. The Balaban J connectivity index is 1.78. The van der Waals surface area contributed by atoms with Crippen molar-refractivity contribution in [2.45, 2.75) is 123 Å². The number of nitrogens with zero attached hydrogens (tertiary/aromatic N) is 3. The Morgan fingerprint density at radius 2 is 1.49 bits per heavy atom. The van der Waals surface area contributed by atoms with Gasteiger partial charge in [-0.25, -0.2) is 0 Å². The normalized spacial score (nSPS) is 18.1. The summed E-state index contributed by atoms with van der Waals surface area (Å²) in [6.07, 6.45) is 1.36. The van der Waals surface area contributed by atoms with E-state index in [1.165, 1.54) is 0 Å². The molecule has 2 aromatic rings. The van der Waals surface area contributed by atoms with Crippen molar-refractivity contribution in [2.75, 3.05) is 54.2 Å². The minimum absolute atomic E-state index is 0.0122. The standard InChI is InChI=1S/C47H75N7O7/c1-13-31(6)42(53(10)47(59)40(29(2)3)51-46(58)41(30(4)5)52(8)9)38(60-11)27-39(55)54-25-17-20-37(54)43(61-12)32(7)44(56)50-36(26-33-18-15-14-16-19-33)28-49-45(57)34-21-23-35(48)24-22-34/h14-16,18-19,21-24,29-32,36-38,40-43H,13,17,20,25-28,48H2,1-12H3,(H,49,57)(H,50,56)(H,51,58)/t31-,32+,36?,37-,38+,40-,41-,42-,43+/m0/s1. The summed E-state index contributed by atoms with van der Waals surface area (Å²) < 4.78 is 12.1. The molecule has 5 amide bonds. The summed E-state index contributed by atoms with van der Waals surface area (Å²) in [5, 5.41) is 9.17. The van der Waals surface area contributed by atoms with Gasteiger partial charge in [-0.15, -0.1) is 0 Å². The van der Waals surface area contributed by atoms with Crippen molar-refractivity contribution in [1.82, 2.24) is 30.7 Å². The molecule has 0 radical (unpaired) electrons. The smallest absolute Gasteiger partial charge is 0.251 e. The number of anilines is 1. The third kappa shape index (κ3) is 14.0. The molecule has 0 bridgehead atoms. The first-order valence-corrected chi connectivity index (χ1v) is 21.9. The number of methoxy groups -OCH3 is 2. The maximum atomic E-state index is 14.4. The molecule has 0 saturated carbocycles. The van der Waals surface area contributed by atoms with E-state index in [1.54, 1.807) is 62.3 Å². The molecule has 0 spiro atoms. The summed E-state index contributed by atoms with van der Waals surface area (Å²) >= 11 is 0. The van der Waals surface area contributed by atoms with Crippen LogP contribution in [0.2, 0.25) is 0 Å². The molecule has 1 aliphatic rings. The minimum atomic E-state index is -0.774. The largest absolute Gasteiger partial charge is 0.399 e. The fourth-order valence-electron chi connectivity index (χ4n) is 8.77. The van der Waals surface area contributed by atoms with Crippen LogP contribution in [-0.4, -0.2) is 135 Å². The Morgan fingerprint density at radius 1 is 0.852 bits per heavy atom. The van der Waals surface area contributed by atoms with Gasteiger partial charge in [-0.05, 0) is 80.9 Å². The van der Waals surface area contributed by atoms with Crippen molar-refractivity contribution < 1.29 is 33.4 Å². The van der Waals surface area contributed by atoms with E-state index in [-0.39, 0.29) is 66.3 Å². The average Bonchev–Trinajstić information content (AvgIpc) is 3.71. The van der Waals surface area contributed by atoms with Crippen LogP contribution in [0.25, 0.3) is 0 Å². The van der Waals surface area contributed by atoms with E-state index in [0.717, 1.165) is 18.4 Å². The SMILES string of the molecule is CC[C@H](C)[C@@H]([C@@H](CC(=O)N1CCC[C@H]1[C@H](OC)[C@@H](C)C(=O)NC(CNC(=O)c1ccc(N)cc1)Cc1ccccc1)OC)N(C)C(=O)[C@@H](NC(=O)[C@H](C(C)C)N(C)C)C(C)C. The topological polar surface area (TPSA) is 176 Å². The van der Waals surface area contributed by atoms with Gasteiger partial charge in [0.05, 0.1) is 48.7 Å². The van der Waals surface area contributed by atoms with Gasteiger partial charge in [0.2, 0.25) is 23.6 Å². The molecule has 9 atom stereocenters. The fourth-order valence-corrected chi connectivity index (χ4v) is 8.77. The molecule has 2 aromatic carbocycles. The molecular formula is C47H75N7O7. The van der Waals surface area contributed by atoms with Crippen molar-refractivity contribution in [3.05, 3.63) is 65.7 Å². The van der Waals surface area contributed by atoms with Crippen LogP contribution in [0.15, 0.2) is 54.6 Å². The molecule has 340 valence electrons. The van der Waals surface area contributed by atoms with Crippen LogP contribution >= 0.6 is 0 Å². The van der Waals surface area contributed by atoms with E-state index in [1.807, 2.05) is 90.9 Å². The second kappa shape index (κ2) is 24.2. The quantitative estimate of drug-likeness (QED) is 0.118. The highest BCUT2D eigenvalue weighted by Crippen LogP contribution is 2.30. The van der Waals surface area contributed by atoms with Gasteiger partial charge >= 0.3 is 0 Å². The summed E-state index contributed by atoms with van der Waals surface area (Å²) in [4.78, 5) is 74.6.